The van der Waals surface area contributed by atoms with Gasteiger partial charge in [0.05, 0.1) is 32.0 Å². The maximum absolute atomic E-state index is 12.4. The van der Waals surface area contributed by atoms with Crippen LogP contribution in [0.25, 0.3) is 0 Å². The summed E-state index contributed by atoms with van der Waals surface area (Å²) < 4.78 is 26.8. The van der Waals surface area contributed by atoms with Crippen LogP contribution in [-0.2, 0) is 33.3 Å². The maximum Gasteiger partial charge on any atom is 0.364 e. The smallest absolute Gasteiger partial charge is 0.364 e. The lowest BCUT2D eigenvalue weighted by molar-refractivity contribution is -0.365. The Hall–Kier alpha value is -1.50. The highest BCUT2D eigenvalue weighted by atomic mass is 16.8. The van der Waals surface area contributed by atoms with Crippen molar-refractivity contribution in [2.45, 2.75) is 111 Å². The van der Waals surface area contributed by atoms with E-state index in [9.17, 15) is 70.9 Å². The third-order valence-corrected chi connectivity index (χ3v) is 7.77. The Morgan fingerprint density at radius 3 is 2.12 bits per heavy atom. The Balaban J connectivity index is 1.82. The number of ether oxygens (including phenoxy) is 5. The lowest BCUT2D eigenvalue weighted by Gasteiger charge is -2.48. The van der Waals surface area contributed by atoms with Gasteiger partial charge in [-0.3, -0.25) is 0 Å². The molecule has 3 heterocycles. The van der Waals surface area contributed by atoms with Gasteiger partial charge in [0.2, 0.25) is 0 Å². The van der Waals surface area contributed by atoms with Crippen molar-refractivity contribution in [1.82, 2.24) is 0 Å². The molecule has 0 amide bonds. The standard InChI is InChI=1S/C24H40O19/c1-7(27)2-8-9(28)3-24(23(37)38,43-19(8)13(30)10(29)4-25)39-6-12-14(31)15(32)18(35)22(41-12)42-20-11(5-26)40-21(36)17(34)16(20)33/h8-22,25-26,28-36H,2-6H2,1H3,(H,37,38)/t8?,9?,10-,11?,12?,13-,14?,15?,16?,17?,18?,19?,20?,21?,22?,24?/m1/s1. The molecule has 0 aromatic heterocycles. The predicted molar refractivity (Wildman–Crippen MR) is 131 cm³/mol. The number of aliphatic carboxylic acids is 1. The number of carbonyl (C=O) groups excluding carboxylic acids is 1. The largest absolute Gasteiger partial charge is 0.477 e. The number of hydrogen-bond acceptors (Lipinski definition) is 18. The van der Waals surface area contributed by atoms with Gasteiger partial charge >= 0.3 is 5.97 Å². The minimum absolute atomic E-state index is 0.401. The molecule has 3 saturated heterocycles. The van der Waals surface area contributed by atoms with E-state index in [4.69, 9.17) is 23.7 Å². The molecule has 0 radical (unpaired) electrons. The van der Waals surface area contributed by atoms with Crippen LogP contribution in [0.3, 0.4) is 0 Å². The van der Waals surface area contributed by atoms with Crippen LogP contribution in [0.15, 0.2) is 0 Å². The van der Waals surface area contributed by atoms with Crippen molar-refractivity contribution in [2.75, 3.05) is 19.8 Å². The summed E-state index contributed by atoms with van der Waals surface area (Å²) >= 11 is 0. The van der Waals surface area contributed by atoms with E-state index in [2.05, 4.69) is 0 Å². The molecular formula is C24H40O19. The second kappa shape index (κ2) is 14.7. The average molecular weight is 633 g/mol. The molecule has 3 rings (SSSR count). The molecule has 0 aliphatic carbocycles. The first-order valence-electron chi connectivity index (χ1n) is 13.4. The van der Waals surface area contributed by atoms with Crippen molar-refractivity contribution in [1.29, 1.82) is 0 Å². The number of carbonyl (C=O) groups is 2. The number of carboxylic acids is 1. The number of rotatable bonds is 12. The first kappa shape index (κ1) is 36.0. The third kappa shape index (κ3) is 7.66. The minimum atomic E-state index is -2.79. The quantitative estimate of drug-likeness (QED) is 0.0950. The van der Waals surface area contributed by atoms with Gasteiger partial charge in [0, 0.05) is 18.8 Å². The number of hydrogen-bond donors (Lipinski definition) is 12. The molecule has 43 heavy (non-hydrogen) atoms. The summed E-state index contributed by atoms with van der Waals surface area (Å²) in [5, 5.41) is 121. The molecule has 19 nitrogen and oxygen atoms in total. The van der Waals surface area contributed by atoms with E-state index in [-0.39, 0.29) is 0 Å². The van der Waals surface area contributed by atoms with Crippen LogP contribution in [0, 0.1) is 5.92 Å². The Labute approximate surface area is 244 Å². The number of aliphatic hydroxyl groups excluding tert-OH is 11. The van der Waals surface area contributed by atoms with Crippen LogP contribution in [-0.4, -0.2) is 184 Å². The molecule has 0 bridgehead atoms. The Morgan fingerprint density at radius 1 is 0.907 bits per heavy atom. The molecule has 3 aliphatic heterocycles. The summed E-state index contributed by atoms with van der Waals surface area (Å²) in [6, 6.07) is 0. The van der Waals surface area contributed by atoms with Gasteiger partial charge in [-0.15, -0.1) is 0 Å². The summed E-state index contributed by atoms with van der Waals surface area (Å²) in [4.78, 5) is 24.2. The normalized spacial score (nSPS) is 45.3. The highest BCUT2D eigenvalue weighted by molar-refractivity contribution is 5.77. The molecule has 0 aromatic rings. The van der Waals surface area contributed by atoms with Gasteiger partial charge in [0.15, 0.2) is 12.6 Å². The summed E-state index contributed by atoms with van der Waals surface area (Å²) in [6.07, 6.45) is -26.9. The van der Waals surface area contributed by atoms with Crippen molar-refractivity contribution in [3.8, 4) is 0 Å². The Morgan fingerprint density at radius 2 is 1.56 bits per heavy atom. The molecular weight excluding hydrogens is 592 g/mol. The Bertz CT molecular complexity index is 936. The first-order valence-corrected chi connectivity index (χ1v) is 13.4. The third-order valence-electron chi connectivity index (χ3n) is 7.77. The van der Waals surface area contributed by atoms with Gasteiger partial charge in [0.25, 0.3) is 5.79 Å². The lowest BCUT2D eigenvalue weighted by Crippen LogP contribution is -2.65. The fourth-order valence-electron chi connectivity index (χ4n) is 5.30. The molecule has 3 fully saturated rings. The van der Waals surface area contributed by atoms with Crippen LogP contribution < -0.4 is 0 Å². The fraction of sp³-hybridized carbons (Fsp3) is 0.917. The predicted octanol–water partition coefficient (Wildman–Crippen LogP) is -7.13. The summed E-state index contributed by atoms with van der Waals surface area (Å²) in [5.74, 6) is -6.33. The number of Topliss-reactive ketones (excluding diaryl/α,β-unsaturated/α-hetero) is 1. The van der Waals surface area contributed by atoms with Crippen molar-refractivity contribution in [3.63, 3.8) is 0 Å². The number of aliphatic hydroxyl groups is 11. The van der Waals surface area contributed by atoms with Gasteiger partial charge < -0.3 is 89.8 Å². The van der Waals surface area contributed by atoms with E-state index in [1.54, 1.807) is 0 Å². The maximum atomic E-state index is 12.4. The van der Waals surface area contributed by atoms with Gasteiger partial charge in [-0.2, -0.15) is 0 Å². The van der Waals surface area contributed by atoms with Crippen LogP contribution >= 0.6 is 0 Å². The molecule has 12 N–H and O–H groups in total. The minimum Gasteiger partial charge on any atom is -0.477 e. The number of carboxylic acid groups (broad SMARTS) is 1. The van der Waals surface area contributed by atoms with Gasteiger partial charge in [-0.05, 0) is 6.92 Å². The molecule has 0 aromatic carbocycles. The molecule has 0 saturated carbocycles. The second-order valence-electron chi connectivity index (χ2n) is 10.9. The highest BCUT2D eigenvalue weighted by Crippen LogP contribution is 2.39. The molecule has 19 heteroatoms. The first-order chi connectivity index (χ1) is 20.1. The van der Waals surface area contributed by atoms with E-state index in [0.717, 1.165) is 6.92 Å². The zero-order valence-electron chi connectivity index (χ0n) is 22.9. The molecule has 16 atom stereocenters. The lowest BCUT2D eigenvalue weighted by atomic mass is 9.80. The van der Waals surface area contributed by atoms with Gasteiger partial charge in [-0.1, -0.05) is 0 Å². The van der Waals surface area contributed by atoms with Crippen LogP contribution in [0.5, 0.6) is 0 Å². The van der Waals surface area contributed by atoms with Crippen LogP contribution in [0.4, 0.5) is 0 Å². The van der Waals surface area contributed by atoms with Crippen molar-refractivity contribution >= 4 is 11.8 Å². The van der Waals surface area contributed by atoms with Crippen LogP contribution in [0.1, 0.15) is 19.8 Å². The van der Waals surface area contributed by atoms with Crippen molar-refractivity contribution in [3.05, 3.63) is 0 Å². The van der Waals surface area contributed by atoms with E-state index in [1.165, 1.54) is 0 Å². The molecule has 250 valence electrons. The van der Waals surface area contributed by atoms with E-state index < -0.39 is 142 Å². The van der Waals surface area contributed by atoms with E-state index in [0.29, 0.717) is 0 Å². The highest BCUT2D eigenvalue weighted by Gasteiger charge is 2.57. The summed E-state index contributed by atoms with van der Waals surface area (Å²) in [5.41, 5.74) is 0. The summed E-state index contributed by atoms with van der Waals surface area (Å²) in [6.45, 7) is -1.60. The zero-order chi connectivity index (χ0) is 32.4. The molecule has 14 unspecified atom stereocenters. The Kier molecular flexibility index (Phi) is 12.3. The van der Waals surface area contributed by atoms with E-state index >= 15 is 0 Å². The van der Waals surface area contributed by atoms with Crippen molar-refractivity contribution in [2.24, 2.45) is 5.92 Å². The fourth-order valence-corrected chi connectivity index (χ4v) is 5.30. The summed E-state index contributed by atoms with van der Waals surface area (Å²) in [7, 11) is 0. The SMILES string of the molecule is CC(=O)CC1C(O)CC(OCC2OC(OC3C(CO)OC(O)C(O)C3O)C(O)C(O)C2O)(C(=O)O)OC1[C@H](O)[C@H](O)CO. The van der Waals surface area contributed by atoms with Gasteiger partial charge in [-0.25, -0.2) is 4.79 Å². The topological polar surface area (TPSA) is 323 Å². The molecule has 0 spiro atoms. The monoisotopic (exact) mass is 632 g/mol. The zero-order valence-corrected chi connectivity index (χ0v) is 22.9. The number of ketones is 1. The molecule has 3 aliphatic rings. The van der Waals surface area contributed by atoms with Crippen LogP contribution in [0.2, 0.25) is 0 Å². The van der Waals surface area contributed by atoms with E-state index in [1.807, 2.05) is 0 Å². The van der Waals surface area contributed by atoms with Crippen molar-refractivity contribution < 1.29 is 94.6 Å². The average Bonchev–Trinajstić information content (AvgIpc) is 2.96. The van der Waals surface area contributed by atoms with Gasteiger partial charge in [0.1, 0.15) is 66.8 Å². The second-order valence-corrected chi connectivity index (χ2v) is 10.9.